The molecule has 20 heavy (non-hydrogen) atoms. The van der Waals surface area contributed by atoms with Gasteiger partial charge < -0.3 is 10.4 Å². The lowest BCUT2D eigenvalue weighted by Gasteiger charge is -2.15. The zero-order valence-corrected chi connectivity index (χ0v) is 12.2. The fourth-order valence-corrected chi connectivity index (χ4v) is 3.44. The summed E-state index contributed by atoms with van der Waals surface area (Å²) in [5.74, 6) is -0.496. The van der Waals surface area contributed by atoms with Crippen LogP contribution >= 0.6 is 0 Å². The Morgan fingerprint density at radius 3 is 2.75 bits per heavy atom. The smallest absolute Gasteiger partial charge is 0.240 e. The maximum atomic E-state index is 12.2. The first-order chi connectivity index (χ1) is 9.39. The molecule has 0 aliphatic carbocycles. The van der Waals surface area contributed by atoms with Crippen LogP contribution < -0.4 is 10.0 Å². The third-order valence-electron chi connectivity index (χ3n) is 3.49. The number of nitrogens with one attached hydrogen (secondary N) is 2. The van der Waals surface area contributed by atoms with E-state index in [0.29, 0.717) is 17.7 Å². The van der Waals surface area contributed by atoms with Crippen molar-refractivity contribution < 1.29 is 18.3 Å². The van der Waals surface area contributed by atoms with Crippen LogP contribution in [0.5, 0.6) is 0 Å². The van der Waals surface area contributed by atoms with Gasteiger partial charge in [0.25, 0.3) is 0 Å². The molecule has 1 amide bonds. The molecule has 2 rings (SSSR count). The molecule has 110 valence electrons. The first-order valence-corrected chi connectivity index (χ1v) is 7.95. The van der Waals surface area contributed by atoms with Crippen molar-refractivity contribution in [2.24, 2.45) is 0 Å². The SMILES string of the molecule is CC[C@@H](CO)NS(=O)(=O)c1ccc2c(c1)C(C)C(=O)N2. The Labute approximate surface area is 118 Å². The molecule has 0 saturated carbocycles. The summed E-state index contributed by atoms with van der Waals surface area (Å²) < 4.78 is 26.9. The van der Waals surface area contributed by atoms with Crippen molar-refractivity contribution >= 4 is 21.6 Å². The fourth-order valence-electron chi connectivity index (χ4n) is 2.10. The van der Waals surface area contributed by atoms with Gasteiger partial charge in [0.05, 0.1) is 17.4 Å². The van der Waals surface area contributed by atoms with E-state index in [1.807, 2.05) is 0 Å². The maximum Gasteiger partial charge on any atom is 0.240 e. The molecular weight excluding hydrogens is 280 g/mol. The van der Waals surface area contributed by atoms with Gasteiger partial charge in [0, 0.05) is 11.7 Å². The molecule has 1 aromatic carbocycles. The molecule has 1 aliphatic heterocycles. The standard InChI is InChI=1S/C13H18N2O4S/c1-3-9(7-16)15-20(18,19)10-4-5-12-11(6-10)8(2)13(17)14-12/h4-6,8-9,15-16H,3,7H2,1-2H3,(H,14,17)/t8?,9-/m0/s1. The number of fused-ring (bicyclic) bond motifs is 1. The third-order valence-corrected chi connectivity index (χ3v) is 5.00. The highest BCUT2D eigenvalue weighted by Gasteiger charge is 2.28. The van der Waals surface area contributed by atoms with Gasteiger partial charge in [0.2, 0.25) is 15.9 Å². The molecule has 7 heteroatoms. The summed E-state index contributed by atoms with van der Waals surface area (Å²) in [4.78, 5) is 11.7. The second-order valence-corrected chi connectivity index (χ2v) is 6.58. The Hall–Kier alpha value is -1.44. The highest BCUT2D eigenvalue weighted by molar-refractivity contribution is 7.89. The Morgan fingerprint density at radius 2 is 2.15 bits per heavy atom. The van der Waals surface area contributed by atoms with Crippen LogP contribution in [0.4, 0.5) is 5.69 Å². The maximum absolute atomic E-state index is 12.2. The Morgan fingerprint density at radius 1 is 1.45 bits per heavy atom. The van der Waals surface area contributed by atoms with Crippen molar-refractivity contribution in [3.8, 4) is 0 Å². The number of hydrogen-bond donors (Lipinski definition) is 3. The van der Waals surface area contributed by atoms with E-state index in [0.717, 1.165) is 0 Å². The number of benzene rings is 1. The average Bonchev–Trinajstić information content (AvgIpc) is 2.71. The summed E-state index contributed by atoms with van der Waals surface area (Å²) in [6.45, 7) is 3.27. The van der Waals surface area contributed by atoms with E-state index in [2.05, 4.69) is 10.0 Å². The summed E-state index contributed by atoms with van der Waals surface area (Å²) >= 11 is 0. The minimum Gasteiger partial charge on any atom is -0.395 e. The first kappa shape index (κ1) is 15.0. The number of anilines is 1. The van der Waals surface area contributed by atoms with Crippen molar-refractivity contribution in [3.05, 3.63) is 23.8 Å². The van der Waals surface area contributed by atoms with Crippen molar-refractivity contribution in [1.29, 1.82) is 0 Å². The van der Waals surface area contributed by atoms with Gasteiger partial charge in [0.1, 0.15) is 0 Å². The number of amides is 1. The van der Waals surface area contributed by atoms with Crippen molar-refractivity contribution in [1.82, 2.24) is 4.72 Å². The van der Waals surface area contributed by atoms with Gasteiger partial charge in [-0.2, -0.15) is 0 Å². The highest BCUT2D eigenvalue weighted by atomic mass is 32.2. The minimum absolute atomic E-state index is 0.103. The number of carbonyl (C=O) groups is 1. The summed E-state index contributed by atoms with van der Waals surface area (Å²) in [6, 6.07) is 4.03. The van der Waals surface area contributed by atoms with Gasteiger partial charge in [-0.15, -0.1) is 0 Å². The first-order valence-electron chi connectivity index (χ1n) is 6.47. The van der Waals surface area contributed by atoms with Crippen LogP contribution in [0.2, 0.25) is 0 Å². The van der Waals surface area contributed by atoms with Gasteiger partial charge in [-0.25, -0.2) is 13.1 Å². The number of hydrogen-bond acceptors (Lipinski definition) is 4. The lowest BCUT2D eigenvalue weighted by molar-refractivity contribution is -0.116. The number of aliphatic hydroxyl groups is 1. The summed E-state index contributed by atoms with van der Waals surface area (Å²) in [5.41, 5.74) is 1.32. The van der Waals surface area contributed by atoms with E-state index in [-0.39, 0.29) is 23.3 Å². The quantitative estimate of drug-likeness (QED) is 0.749. The summed E-state index contributed by atoms with van der Waals surface area (Å²) in [7, 11) is -3.70. The largest absolute Gasteiger partial charge is 0.395 e. The summed E-state index contributed by atoms with van der Waals surface area (Å²) in [6.07, 6.45) is 0.497. The van der Waals surface area contributed by atoms with Crippen LogP contribution in [0.15, 0.2) is 23.1 Å². The molecule has 0 bridgehead atoms. The zero-order chi connectivity index (χ0) is 14.9. The van der Waals surface area contributed by atoms with Crippen LogP contribution in [0.3, 0.4) is 0 Å². The van der Waals surface area contributed by atoms with Gasteiger partial charge >= 0.3 is 0 Å². The zero-order valence-electron chi connectivity index (χ0n) is 11.4. The van der Waals surface area contributed by atoms with E-state index < -0.39 is 16.1 Å². The van der Waals surface area contributed by atoms with Crippen LogP contribution in [0.25, 0.3) is 0 Å². The Balaban J connectivity index is 2.33. The average molecular weight is 298 g/mol. The Kier molecular flexibility index (Phi) is 4.12. The van der Waals surface area contributed by atoms with Crippen molar-refractivity contribution in [3.63, 3.8) is 0 Å². The van der Waals surface area contributed by atoms with Gasteiger partial charge in [-0.3, -0.25) is 4.79 Å². The third kappa shape index (κ3) is 2.70. The molecule has 0 fully saturated rings. The number of rotatable bonds is 5. The highest BCUT2D eigenvalue weighted by Crippen LogP contribution is 2.33. The Bertz CT molecular complexity index is 623. The second-order valence-electron chi connectivity index (χ2n) is 4.87. The summed E-state index contributed by atoms with van der Waals surface area (Å²) in [5, 5.41) is 11.8. The lowest BCUT2D eigenvalue weighted by atomic mass is 10.0. The predicted molar refractivity (Wildman–Crippen MR) is 75.0 cm³/mol. The van der Waals surface area contributed by atoms with E-state index in [9.17, 15) is 13.2 Å². The molecule has 1 aromatic rings. The molecule has 1 heterocycles. The number of aliphatic hydroxyl groups excluding tert-OH is 1. The molecule has 0 radical (unpaired) electrons. The van der Waals surface area contributed by atoms with E-state index >= 15 is 0 Å². The van der Waals surface area contributed by atoms with Crippen LogP contribution in [-0.4, -0.2) is 32.1 Å². The molecule has 1 unspecified atom stereocenters. The predicted octanol–water partition coefficient (Wildman–Crippen LogP) is 0.791. The van der Waals surface area contributed by atoms with Crippen LogP contribution in [-0.2, 0) is 14.8 Å². The number of sulfonamides is 1. The van der Waals surface area contributed by atoms with Crippen molar-refractivity contribution in [2.45, 2.75) is 37.1 Å². The fraction of sp³-hybridized carbons (Fsp3) is 0.462. The van der Waals surface area contributed by atoms with Gasteiger partial charge in [-0.1, -0.05) is 6.92 Å². The lowest BCUT2D eigenvalue weighted by Crippen LogP contribution is -2.36. The van der Waals surface area contributed by atoms with Gasteiger partial charge in [-0.05, 0) is 37.1 Å². The molecule has 1 aliphatic rings. The normalized spacial score (nSPS) is 19.6. The molecule has 3 N–H and O–H groups in total. The number of carbonyl (C=O) groups excluding carboxylic acids is 1. The molecule has 0 spiro atoms. The second kappa shape index (κ2) is 5.51. The van der Waals surface area contributed by atoms with E-state index in [1.165, 1.54) is 12.1 Å². The van der Waals surface area contributed by atoms with Crippen LogP contribution in [0.1, 0.15) is 31.7 Å². The van der Waals surface area contributed by atoms with Crippen LogP contribution in [0, 0.1) is 0 Å². The topological polar surface area (TPSA) is 95.5 Å². The molecule has 2 atom stereocenters. The molecule has 0 aromatic heterocycles. The minimum atomic E-state index is -3.70. The van der Waals surface area contributed by atoms with E-state index in [1.54, 1.807) is 19.9 Å². The van der Waals surface area contributed by atoms with E-state index in [4.69, 9.17) is 5.11 Å². The van der Waals surface area contributed by atoms with Gasteiger partial charge in [0.15, 0.2) is 0 Å². The molecule has 0 saturated heterocycles. The molecule has 6 nitrogen and oxygen atoms in total. The molecular formula is C13H18N2O4S. The monoisotopic (exact) mass is 298 g/mol. The van der Waals surface area contributed by atoms with Crippen molar-refractivity contribution in [2.75, 3.05) is 11.9 Å².